The molecule has 0 saturated carbocycles. The predicted octanol–water partition coefficient (Wildman–Crippen LogP) is 2.57. The van der Waals surface area contributed by atoms with Crippen molar-refractivity contribution >= 4 is 21.8 Å². The smallest absolute Gasteiger partial charge is 0.252 e. The molecule has 72 valence electrons. The number of halogens is 1. The van der Waals surface area contributed by atoms with Crippen LogP contribution in [0, 0.1) is 0 Å². The average Bonchev–Trinajstić information content (AvgIpc) is 2.45. The number of rotatable bonds is 0. The molecule has 1 heterocycles. The SMILES string of the molecule is O=C1NC2CCCc3cc(Br)cc1c32. The van der Waals surface area contributed by atoms with E-state index in [1.165, 1.54) is 17.5 Å². The lowest BCUT2D eigenvalue weighted by molar-refractivity contribution is 0.0954. The lowest BCUT2D eigenvalue weighted by atomic mass is 9.87. The van der Waals surface area contributed by atoms with Crippen LogP contribution in [0.1, 0.15) is 40.4 Å². The van der Waals surface area contributed by atoms with E-state index in [2.05, 4.69) is 27.3 Å². The van der Waals surface area contributed by atoms with E-state index < -0.39 is 0 Å². The van der Waals surface area contributed by atoms with Crippen molar-refractivity contribution in [2.75, 3.05) is 0 Å². The van der Waals surface area contributed by atoms with Gasteiger partial charge in [0.05, 0.1) is 6.04 Å². The molecule has 2 nitrogen and oxygen atoms in total. The van der Waals surface area contributed by atoms with E-state index in [1.807, 2.05) is 6.07 Å². The molecule has 14 heavy (non-hydrogen) atoms. The molecule has 0 saturated heterocycles. The molecule has 1 amide bonds. The van der Waals surface area contributed by atoms with Gasteiger partial charge in [-0.05, 0) is 42.5 Å². The number of nitrogens with one attached hydrogen (secondary N) is 1. The molecule has 3 rings (SSSR count). The highest BCUT2D eigenvalue weighted by molar-refractivity contribution is 9.10. The monoisotopic (exact) mass is 251 g/mol. The summed E-state index contributed by atoms with van der Waals surface area (Å²) >= 11 is 3.45. The second kappa shape index (κ2) is 2.83. The maximum absolute atomic E-state index is 11.6. The Balaban J connectivity index is 2.29. The van der Waals surface area contributed by atoms with Crippen LogP contribution < -0.4 is 5.32 Å². The Morgan fingerprint density at radius 1 is 1.43 bits per heavy atom. The quantitative estimate of drug-likeness (QED) is 0.755. The molecule has 0 spiro atoms. The minimum atomic E-state index is 0.0921. The van der Waals surface area contributed by atoms with Gasteiger partial charge < -0.3 is 5.32 Å². The van der Waals surface area contributed by atoms with Gasteiger partial charge in [-0.3, -0.25) is 4.79 Å². The molecule has 1 atom stereocenters. The molecule has 0 aromatic heterocycles. The first-order chi connectivity index (χ1) is 6.75. The lowest BCUT2D eigenvalue weighted by Gasteiger charge is -2.20. The highest BCUT2D eigenvalue weighted by Gasteiger charge is 2.33. The van der Waals surface area contributed by atoms with Crippen LogP contribution in [0.5, 0.6) is 0 Å². The van der Waals surface area contributed by atoms with Gasteiger partial charge in [0, 0.05) is 10.0 Å². The van der Waals surface area contributed by atoms with Gasteiger partial charge in [-0.25, -0.2) is 0 Å². The summed E-state index contributed by atoms with van der Waals surface area (Å²) in [5.41, 5.74) is 3.47. The third kappa shape index (κ3) is 1.05. The van der Waals surface area contributed by atoms with E-state index in [0.29, 0.717) is 0 Å². The van der Waals surface area contributed by atoms with Crippen LogP contribution in [0.15, 0.2) is 16.6 Å². The molecule has 0 radical (unpaired) electrons. The Labute approximate surface area is 90.8 Å². The minimum absolute atomic E-state index is 0.0921. The normalized spacial score (nSPS) is 23.2. The van der Waals surface area contributed by atoms with Crippen LogP contribution in [0.3, 0.4) is 0 Å². The number of carbonyl (C=O) groups is 1. The molecular weight excluding hydrogens is 242 g/mol. The summed E-state index contributed by atoms with van der Waals surface area (Å²) in [5, 5.41) is 3.03. The number of carbonyl (C=O) groups excluding carboxylic acids is 1. The van der Waals surface area contributed by atoms with Crippen molar-refractivity contribution in [3.63, 3.8) is 0 Å². The standard InChI is InChI=1S/C11H10BrNO/c12-7-4-6-2-1-3-9-10(6)8(5-7)11(14)13-9/h4-5,9H,1-3H2,(H,13,14). The van der Waals surface area contributed by atoms with Crippen LogP contribution in [0.4, 0.5) is 0 Å². The highest BCUT2D eigenvalue weighted by atomic mass is 79.9. The zero-order valence-corrected chi connectivity index (χ0v) is 9.23. The second-order valence-electron chi connectivity index (χ2n) is 3.94. The van der Waals surface area contributed by atoms with Crippen LogP contribution >= 0.6 is 15.9 Å². The van der Waals surface area contributed by atoms with Crippen molar-refractivity contribution < 1.29 is 4.79 Å². The molecule has 1 aliphatic heterocycles. The zero-order valence-electron chi connectivity index (χ0n) is 7.64. The first kappa shape index (κ1) is 8.48. The van der Waals surface area contributed by atoms with E-state index in [0.717, 1.165) is 22.9 Å². The van der Waals surface area contributed by atoms with Gasteiger partial charge in [0.15, 0.2) is 0 Å². The summed E-state index contributed by atoms with van der Waals surface area (Å²) in [6, 6.07) is 4.36. The topological polar surface area (TPSA) is 29.1 Å². The Bertz CT molecular complexity index is 428. The van der Waals surface area contributed by atoms with Gasteiger partial charge in [-0.1, -0.05) is 15.9 Å². The molecule has 3 heteroatoms. The fourth-order valence-corrected chi connectivity index (χ4v) is 3.01. The van der Waals surface area contributed by atoms with Crippen molar-refractivity contribution in [3.8, 4) is 0 Å². The van der Waals surface area contributed by atoms with E-state index in [-0.39, 0.29) is 11.9 Å². The maximum Gasteiger partial charge on any atom is 0.252 e. The lowest BCUT2D eigenvalue weighted by Crippen LogP contribution is -2.20. The molecule has 2 aliphatic rings. The minimum Gasteiger partial charge on any atom is -0.345 e. The fraction of sp³-hybridized carbons (Fsp3) is 0.364. The summed E-state index contributed by atoms with van der Waals surface area (Å²) in [4.78, 5) is 11.6. The third-order valence-corrected chi connectivity index (χ3v) is 3.53. The van der Waals surface area contributed by atoms with Crippen molar-refractivity contribution in [2.45, 2.75) is 25.3 Å². The predicted molar refractivity (Wildman–Crippen MR) is 57.3 cm³/mol. The third-order valence-electron chi connectivity index (χ3n) is 3.07. The number of benzene rings is 1. The van der Waals surface area contributed by atoms with E-state index in [9.17, 15) is 4.79 Å². The summed E-state index contributed by atoms with van der Waals surface area (Å²) in [5.74, 6) is 0.0921. The summed E-state index contributed by atoms with van der Waals surface area (Å²) in [7, 11) is 0. The summed E-state index contributed by atoms with van der Waals surface area (Å²) < 4.78 is 1.02. The van der Waals surface area contributed by atoms with Crippen LogP contribution in [-0.4, -0.2) is 5.91 Å². The maximum atomic E-state index is 11.6. The van der Waals surface area contributed by atoms with Crippen molar-refractivity contribution in [2.24, 2.45) is 0 Å². The first-order valence-corrected chi connectivity index (χ1v) is 5.68. The number of amides is 1. The Kier molecular flexibility index (Phi) is 1.71. The Hall–Kier alpha value is -0.830. The highest BCUT2D eigenvalue weighted by Crippen LogP contribution is 2.38. The molecule has 1 aliphatic carbocycles. The average molecular weight is 252 g/mol. The van der Waals surface area contributed by atoms with Crippen molar-refractivity contribution in [3.05, 3.63) is 33.3 Å². The summed E-state index contributed by atoms with van der Waals surface area (Å²) in [6.07, 6.45) is 3.37. The molecule has 0 fully saturated rings. The number of hydrogen-bond donors (Lipinski definition) is 1. The number of hydrogen-bond acceptors (Lipinski definition) is 1. The van der Waals surface area contributed by atoms with Gasteiger partial charge in [-0.15, -0.1) is 0 Å². The first-order valence-electron chi connectivity index (χ1n) is 4.89. The fourth-order valence-electron chi connectivity index (χ4n) is 2.50. The van der Waals surface area contributed by atoms with Crippen LogP contribution in [0.2, 0.25) is 0 Å². The van der Waals surface area contributed by atoms with Crippen LogP contribution in [0.25, 0.3) is 0 Å². The molecule has 1 aromatic carbocycles. The molecular formula is C11H10BrNO. The number of aryl methyl sites for hydroxylation is 1. The van der Waals surface area contributed by atoms with E-state index in [4.69, 9.17) is 0 Å². The zero-order chi connectivity index (χ0) is 9.71. The molecule has 0 bridgehead atoms. The molecule has 1 N–H and O–H groups in total. The van der Waals surface area contributed by atoms with Gasteiger partial charge >= 0.3 is 0 Å². The second-order valence-corrected chi connectivity index (χ2v) is 4.86. The summed E-state index contributed by atoms with van der Waals surface area (Å²) in [6.45, 7) is 0. The van der Waals surface area contributed by atoms with E-state index >= 15 is 0 Å². The molecule has 1 unspecified atom stereocenters. The van der Waals surface area contributed by atoms with Crippen LogP contribution in [-0.2, 0) is 6.42 Å². The Morgan fingerprint density at radius 3 is 3.14 bits per heavy atom. The van der Waals surface area contributed by atoms with Gasteiger partial charge in [-0.2, -0.15) is 0 Å². The van der Waals surface area contributed by atoms with Crippen molar-refractivity contribution in [1.82, 2.24) is 5.32 Å². The molecule has 1 aromatic rings. The van der Waals surface area contributed by atoms with Gasteiger partial charge in [0.2, 0.25) is 0 Å². The van der Waals surface area contributed by atoms with E-state index in [1.54, 1.807) is 0 Å². The largest absolute Gasteiger partial charge is 0.345 e. The van der Waals surface area contributed by atoms with Gasteiger partial charge in [0.1, 0.15) is 0 Å². The Morgan fingerprint density at radius 2 is 2.29 bits per heavy atom. The van der Waals surface area contributed by atoms with Crippen molar-refractivity contribution in [1.29, 1.82) is 0 Å². The van der Waals surface area contributed by atoms with Gasteiger partial charge in [0.25, 0.3) is 5.91 Å².